The SMILES string of the molecule is Cc1cnc(NN)nc1NCCCOCC1CC1. The van der Waals surface area contributed by atoms with Crippen LogP contribution in [0.25, 0.3) is 0 Å². The van der Waals surface area contributed by atoms with E-state index in [1.165, 1.54) is 12.8 Å². The molecule has 0 aliphatic heterocycles. The molecule has 0 aromatic carbocycles. The summed E-state index contributed by atoms with van der Waals surface area (Å²) in [5.41, 5.74) is 3.45. The molecule has 2 rings (SSSR count). The molecule has 100 valence electrons. The van der Waals surface area contributed by atoms with Crippen molar-refractivity contribution in [2.75, 3.05) is 30.5 Å². The standard InChI is InChI=1S/C12H21N5O/c1-9-7-15-12(17-13)16-11(9)14-5-2-6-18-8-10-3-4-10/h7,10H,2-6,8,13H2,1H3,(H2,14,15,16,17). The van der Waals surface area contributed by atoms with Crippen LogP contribution >= 0.6 is 0 Å². The van der Waals surface area contributed by atoms with E-state index < -0.39 is 0 Å². The van der Waals surface area contributed by atoms with E-state index >= 15 is 0 Å². The molecule has 0 amide bonds. The number of hydrogen-bond donors (Lipinski definition) is 3. The molecule has 1 fully saturated rings. The molecule has 6 heteroatoms. The van der Waals surface area contributed by atoms with Crippen molar-refractivity contribution in [3.05, 3.63) is 11.8 Å². The summed E-state index contributed by atoms with van der Waals surface area (Å²) in [7, 11) is 0. The fourth-order valence-corrected chi connectivity index (χ4v) is 1.61. The molecule has 4 N–H and O–H groups in total. The zero-order valence-corrected chi connectivity index (χ0v) is 10.8. The molecule has 1 aliphatic carbocycles. The lowest BCUT2D eigenvalue weighted by Crippen LogP contribution is -2.13. The van der Waals surface area contributed by atoms with E-state index in [2.05, 4.69) is 20.7 Å². The highest BCUT2D eigenvalue weighted by molar-refractivity contribution is 5.45. The normalized spacial score (nSPS) is 14.6. The molecular weight excluding hydrogens is 230 g/mol. The van der Waals surface area contributed by atoms with E-state index in [1.54, 1.807) is 6.20 Å². The summed E-state index contributed by atoms with van der Waals surface area (Å²) in [5.74, 6) is 7.35. The Morgan fingerprint density at radius 3 is 3.06 bits per heavy atom. The Morgan fingerprint density at radius 1 is 1.50 bits per heavy atom. The van der Waals surface area contributed by atoms with Gasteiger partial charge in [0, 0.05) is 31.5 Å². The number of rotatable bonds is 8. The Kier molecular flexibility index (Phi) is 4.72. The van der Waals surface area contributed by atoms with Crippen LogP contribution in [0.2, 0.25) is 0 Å². The van der Waals surface area contributed by atoms with Crippen LogP contribution in [0.4, 0.5) is 11.8 Å². The van der Waals surface area contributed by atoms with Crippen molar-refractivity contribution >= 4 is 11.8 Å². The van der Waals surface area contributed by atoms with Gasteiger partial charge in [-0.2, -0.15) is 4.98 Å². The van der Waals surface area contributed by atoms with Crippen molar-refractivity contribution in [3.8, 4) is 0 Å². The van der Waals surface area contributed by atoms with Crippen molar-refractivity contribution in [1.82, 2.24) is 9.97 Å². The largest absolute Gasteiger partial charge is 0.381 e. The zero-order valence-electron chi connectivity index (χ0n) is 10.8. The van der Waals surface area contributed by atoms with Gasteiger partial charge in [-0.05, 0) is 32.1 Å². The van der Waals surface area contributed by atoms with E-state index in [0.717, 1.165) is 43.5 Å². The highest BCUT2D eigenvalue weighted by atomic mass is 16.5. The number of nitrogens with zero attached hydrogens (tertiary/aromatic N) is 2. The first kappa shape index (κ1) is 13.0. The fourth-order valence-electron chi connectivity index (χ4n) is 1.61. The van der Waals surface area contributed by atoms with Gasteiger partial charge in [0.15, 0.2) is 0 Å². The first-order chi connectivity index (χ1) is 8.79. The van der Waals surface area contributed by atoms with Gasteiger partial charge in [0.25, 0.3) is 0 Å². The number of hydrazine groups is 1. The number of aryl methyl sites for hydroxylation is 1. The van der Waals surface area contributed by atoms with Crippen LogP contribution in [0, 0.1) is 12.8 Å². The zero-order chi connectivity index (χ0) is 12.8. The third kappa shape index (κ3) is 4.12. The summed E-state index contributed by atoms with van der Waals surface area (Å²) in [5, 5.41) is 3.26. The number of nitrogens with two attached hydrogens (primary N) is 1. The molecular formula is C12H21N5O. The number of aromatic nitrogens is 2. The van der Waals surface area contributed by atoms with E-state index in [0.29, 0.717) is 5.95 Å². The summed E-state index contributed by atoms with van der Waals surface area (Å²) in [6, 6.07) is 0. The van der Waals surface area contributed by atoms with Crippen LogP contribution in [0.3, 0.4) is 0 Å². The van der Waals surface area contributed by atoms with Gasteiger partial charge in [-0.1, -0.05) is 0 Å². The molecule has 1 aliphatic rings. The lowest BCUT2D eigenvalue weighted by molar-refractivity contribution is 0.124. The first-order valence-electron chi connectivity index (χ1n) is 6.41. The number of anilines is 2. The van der Waals surface area contributed by atoms with Crippen LogP contribution < -0.4 is 16.6 Å². The number of ether oxygens (including phenoxy) is 1. The van der Waals surface area contributed by atoms with E-state index in [1.807, 2.05) is 6.92 Å². The van der Waals surface area contributed by atoms with Gasteiger partial charge >= 0.3 is 0 Å². The number of nitrogens with one attached hydrogen (secondary N) is 2. The summed E-state index contributed by atoms with van der Waals surface area (Å²) in [4.78, 5) is 8.28. The number of nitrogen functional groups attached to an aromatic ring is 1. The third-order valence-electron chi connectivity index (χ3n) is 2.91. The molecule has 1 heterocycles. The van der Waals surface area contributed by atoms with Crippen molar-refractivity contribution in [2.45, 2.75) is 26.2 Å². The van der Waals surface area contributed by atoms with Gasteiger partial charge in [-0.25, -0.2) is 10.8 Å². The van der Waals surface area contributed by atoms with Gasteiger partial charge in [0.2, 0.25) is 5.95 Å². The minimum Gasteiger partial charge on any atom is -0.381 e. The van der Waals surface area contributed by atoms with E-state index in [9.17, 15) is 0 Å². The lowest BCUT2D eigenvalue weighted by atomic mass is 10.3. The average Bonchev–Trinajstić information content (AvgIpc) is 3.19. The second kappa shape index (κ2) is 6.51. The molecule has 0 radical (unpaired) electrons. The lowest BCUT2D eigenvalue weighted by Gasteiger charge is -2.09. The highest BCUT2D eigenvalue weighted by Crippen LogP contribution is 2.28. The second-order valence-corrected chi connectivity index (χ2v) is 4.67. The number of hydrogen-bond acceptors (Lipinski definition) is 6. The Bertz CT molecular complexity index is 381. The molecule has 18 heavy (non-hydrogen) atoms. The predicted molar refractivity (Wildman–Crippen MR) is 71.2 cm³/mol. The first-order valence-corrected chi connectivity index (χ1v) is 6.41. The molecule has 6 nitrogen and oxygen atoms in total. The Morgan fingerprint density at radius 2 is 2.33 bits per heavy atom. The van der Waals surface area contributed by atoms with Gasteiger partial charge < -0.3 is 10.1 Å². The Labute approximate surface area is 107 Å². The van der Waals surface area contributed by atoms with Gasteiger partial charge in [-0.3, -0.25) is 5.43 Å². The Hall–Kier alpha value is -1.40. The van der Waals surface area contributed by atoms with Crippen LogP contribution in [0.15, 0.2) is 6.20 Å². The Balaban J connectivity index is 1.65. The third-order valence-corrected chi connectivity index (χ3v) is 2.91. The van der Waals surface area contributed by atoms with Crippen molar-refractivity contribution < 1.29 is 4.74 Å². The van der Waals surface area contributed by atoms with Gasteiger partial charge in [-0.15, -0.1) is 0 Å². The fraction of sp³-hybridized carbons (Fsp3) is 0.667. The van der Waals surface area contributed by atoms with Crippen LogP contribution in [0.5, 0.6) is 0 Å². The summed E-state index contributed by atoms with van der Waals surface area (Å²) < 4.78 is 5.57. The minimum absolute atomic E-state index is 0.424. The molecule has 0 atom stereocenters. The summed E-state index contributed by atoms with van der Waals surface area (Å²) in [6.45, 7) is 4.53. The molecule has 0 saturated heterocycles. The van der Waals surface area contributed by atoms with Crippen molar-refractivity contribution in [2.24, 2.45) is 11.8 Å². The summed E-state index contributed by atoms with van der Waals surface area (Å²) >= 11 is 0. The molecule has 0 unspecified atom stereocenters. The second-order valence-electron chi connectivity index (χ2n) is 4.67. The molecule has 1 saturated carbocycles. The topological polar surface area (TPSA) is 85.1 Å². The molecule has 1 aromatic rings. The maximum atomic E-state index is 5.57. The van der Waals surface area contributed by atoms with E-state index in [-0.39, 0.29) is 0 Å². The molecule has 0 bridgehead atoms. The van der Waals surface area contributed by atoms with Gasteiger partial charge in [0.05, 0.1) is 0 Å². The molecule has 1 aromatic heterocycles. The van der Waals surface area contributed by atoms with Crippen LogP contribution in [0.1, 0.15) is 24.8 Å². The minimum atomic E-state index is 0.424. The monoisotopic (exact) mass is 251 g/mol. The van der Waals surface area contributed by atoms with Crippen molar-refractivity contribution in [1.29, 1.82) is 0 Å². The van der Waals surface area contributed by atoms with E-state index in [4.69, 9.17) is 10.6 Å². The quantitative estimate of drug-likeness (QED) is 0.367. The van der Waals surface area contributed by atoms with Crippen molar-refractivity contribution in [3.63, 3.8) is 0 Å². The maximum absolute atomic E-state index is 5.57. The van der Waals surface area contributed by atoms with Gasteiger partial charge in [0.1, 0.15) is 5.82 Å². The summed E-state index contributed by atoms with van der Waals surface area (Å²) in [6.07, 6.45) is 5.40. The highest BCUT2D eigenvalue weighted by Gasteiger charge is 2.20. The molecule has 0 spiro atoms. The average molecular weight is 251 g/mol. The maximum Gasteiger partial charge on any atom is 0.239 e. The predicted octanol–water partition coefficient (Wildman–Crippen LogP) is 1.30. The van der Waals surface area contributed by atoms with Crippen LogP contribution in [-0.2, 0) is 4.74 Å². The van der Waals surface area contributed by atoms with Crippen LogP contribution in [-0.4, -0.2) is 29.7 Å². The smallest absolute Gasteiger partial charge is 0.239 e.